The Bertz CT molecular complexity index is 429. The van der Waals surface area contributed by atoms with Gasteiger partial charge in [-0.05, 0) is 32.2 Å². The molecule has 1 fully saturated rings. The summed E-state index contributed by atoms with van der Waals surface area (Å²) in [6.45, 7) is 2.17. The largest absolute Gasteiger partial charge is 0.347 e. The molecule has 0 saturated heterocycles. The van der Waals surface area contributed by atoms with Gasteiger partial charge in [0.2, 0.25) is 5.91 Å². The second-order valence-corrected chi connectivity index (χ2v) is 6.54. The van der Waals surface area contributed by atoms with Crippen LogP contribution in [0, 0.1) is 0 Å². The molecule has 1 unspecified atom stereocenters. The summed E-state index contributed by atoms with van der Waals surface area (Å²) in [4.78, 5) is 11.3. The van der Waals surface area contributed by atoms with Crippen LogP contribution in [0.5, 0.6) is 0 Å². The Labute approximate surface area is 124 Å². The number of carbonyl (C=O) groups is 1. The van der Waals surface area contributed by atoms with Crippen molar-refractivity contribution in [2.75, 3.05) is 6.54 Å². The van der Waals surface area contributed by atoms with Gasteiger partial charge >= 0.3 is 0 Å². The van der Waals surface area contributed by atoms with Crippen molar-refractivity contribution in [2.24, 2.45) is 5.73 Å². The molecule has 2 rings (SSSR count). The van der Waals surface area contributed by atoms with Crippen LogP contribution in [-0.4, -0.2) is 22.6 Å². The minimum Gasteiger partial charge on any atom is -0.347 e. The standard InChI is InChI=1S/C14H24N4OS/c1-10(19)16-12(8-5-9-15)14-18-17-13(20-14)11-6-3-2-4-7-11/h11-12H,2-9,15H2,1H3,(H,16,19). The molecule has 1 aromatic rings. The molecule has 112 valence electrons. The average Bonchev–Trinajstić information content (AvgIpc) is 2.94. The molecule has 1 heterocycles. The van der Waals surface area contributed by atoms with Gasteiger partial charge in [-0.25, -0.2) is 0 Å². The van der Waals surface area contributed by atoms with Gasteiger partial charge in [-0.2, -0.15) is 0 Å². The maximum absolute atomic E-state index is 11.3. The third-order valence-corrected chi connectivity index (χ3v) is 4.98. The summed E-state index contributed by atoms with van der Waals surface area (Å²) in [5.74, 6) is 0.545. The fourth-order valence-corrected chi connectivity index (χ4v) is 3.83. The Morgan fingerprint density at radius 3 is 2.80 bits per heavy atom. The van der Waals surface area contributed by atoms with Crippen LogP contribution in [0.4, 0.5) is 0 Å². The van der Waals surface area contributed by atoms with E-state index in [4.69, 9.17) is 5.73 Å². The van der Waals surface area contributed by atoms with E-state index in [2.05, 4.69) is 15.5 Å². The van der Waals surface area contributed by atoms with Gasteiger partial charge in [0.05, 0.1) is 6.04 Å². The molecule has 6 heteroatoms. The summed E-state index contributed by atoms with van der Waals surface area (Å²) in [6.07, 6.45) is 8.08. The smallest absolute Gasteiger partial charge is 0.217 e. The number of nitrogens with two attached hydrogens (primary N) is 1. The van der Waals surface area contributed by atoms with Gasteiger partial charge in [-0.3, -0.25) is 4.79 Å². The maximum atomic E-state index is 11.3. The van der Waals surface area contributed by atoms with E-state index in [1.165, 1.54) is 32.1 Å². The van der Waals surface area contributed by atoms with E-state index in [1.54, 1.807) is 18.3 Å². The van der Waals surface area contributed by atoms with Crippen molar-refractivity contribution in [1.82, 2.24) is 15.5 Å². The van der Waals surface area contributed by atoms with Gasteiger partial charge in [-0.15, -0.1) is 10.2 Å². The minimum absolute atomic E-state index is 0.0264. The van der Waals surface area contributed by atoms with E-state index in [9.17, 15) is 4.79 Å². The Hall–Kier alpha value is -1.01. The predicted molar refractivity (Wildman–Crippen MR) is 80.6 cm³/mol. The summed E-state index contributed by atoms with van der Waals surface area (Å²) in [7, 11) is 0. The Morgan fingerprint density at radius 1 is 1.40 bits per heavy atom. The van der Waals surface area contributed by atoms with E-state index in [0.717, 1.165) is 22.9 Å². The molecule has 5 nitrogen and oxygen atoms in total. The van der Waals surface area contributed by atoms with Crippen molar-refractivity contribution in [2.45, 2.75) is 63.8 Å². The number of rotatable bonds is 6. The number of aromatic nitrogens is 2. The van der Waals surface area contributed by atoms with Crippen molar-refractivity contribution >= 4 is 17.2 Å². The molecule has 1 aromatic heterocycles. The molecular weight excluding hydrogens is 272 g/mol. The lowest BCUT2D eigenvalue weighted by Gasteiger charge is -2.18. The molecule has 0 spiro atoms. The third-order valence-electron chi connectivity index (χ3n) is 3.78. The quantitative estimate of drug-likeness (QED) is 0.845. The van der Waals surface area contributed by atoms with E-state index >= 15 is 0 Å². The lowest BCUT2D eigenvalue weighted by atomic mass is 9.90. The molecule has 0 aromatic carbocycles. The first-order valence-electron chi connectivity index (χ1n) is 7.51. The van der Waals surface area contributed by atoms with Crippen LogP contribution >= 0.6 is 11.3 Å². The van der Waals surface area contributed by atoms with Gasteiger partial charge in [0.15, 0.2) is 0 Å². The summed E-state index contributed by atoms with van der Waals surface area (Å²) < 4.78 is 0. The van der Waals surface area contributed by atoms with Crippen LogP contribution in [-0.2, 0) is 4.79 Å². The molecular formula is C14H24N4OS. The Balaban J connectivity index is 2.04. The third kappa shape index (κ3) is 4.24. The summed E-state index contributed by atoms with van der Waals surface area (Å²) in [5, 5.41) is 13.7. The van der Waals surface area contributed by atoms with E-state index in [1.807, 2.05) is 0 Å². The van der Waals surface area contributed by atoms with Gasteiger partial charge in [-0.1, -0.05) is 30.6 Å². The highest BCUT2D eigenvalue weighted by atomic mass is 32.1. The van der Waals surface area contributed by atoms with Crippen molar-refractivity contribution in [3.05, 3.63) is 10.0 Å². The van der Waals surface area contributed by atoms with Crippen LogP contribution in [0.25, 0.3) is 0 Å². The number of nitrogens with one attached hydrogen (secondary N) is 1. The molecule has 3 N–H and O–H groups in total. The Kier molecular flexibility index (Phi) is 5.91. The minimum atomic E-state index is -0.0362. The second kappa shape index (κ2) is 7.69. The molecule has 20 heavy (non-hydrogen) atoms. The first-order chi connectivity index (χ1) is 9.70. The van der Waals surface area contributed by atoms with Gasteiger partial charge in [0.1, 0.15) is 10.0 Å². The predicted octanol–water partition coefficient (Wildman–Crippen LogP) is 2.50. The fraction of sp³-hybridized carbons (Fsp3) is 0.786. The molecule has 0 aliphatic heterocycles. The number of carbonyl (C=O) groups excluding carboxylic acids is 1. The van der Waals surface area contributed by atoms with Gasteiger partial charge < -0.3 is 11.1 Å². The average molecular weight is 296 g/mol. The lowest BCUT2D eigenvalue weighted by molar-refractivity contribution is -0.119. The van der Waals surface area contributed by atoms with E-state index in [0.29, 0.717) is 12.5 Å². The highest BCUT2D eigenvalue weighted by Gasteiger charge is 2.23. The van der Waals surface area contributed by atoms with Crippen molar-refractivity contribution in [3.8, 4) is 0 Å². The van der Waals surface area contributed by atoms with E-state index < -0.39 is 0 Å². The highest BCUT2D eigenvalue weighted by molar-refractivity contribution is 7.11. The van der Waals surface area contributed by atoms with Crippen LogP contribution in [0.15, 0.2) is 0 Å². The van der Waals surface area contributed by atoms with Crippen LogP contribution in [0.3, 0.4) is 0 Å². The number of hydrogen-bond acceptors (Lipinski definition) is 5. The summed E-state index contributed by atoms with van der Waals surface area (Å²) in [6, 6.07) is -0.0362. The molecule has 1 aliphatic rings. The molecule has 1 aliphatic carbocycles. The second-order valence-electron chi connectivity index (χ2n) is 5.50. The van der Waals surface area contributed by atoms with Crippen LogP contribution in [0.1, 0.15) is 73.8 Å². The fourth-order valence-electron chi connectivity index (χ4n) is 2.73. The summed E-state index contributed by atoms with van der Waals surface area (Å²) >= 11 is 1.66. The zero-order valence-corrected chi connectivity index (χ0v) is 12.9. The number of nitrogens with zero attached hydrogens (tertiary/aromatic N) is 2. The normalized spacial score (nSPS) is 17.9. The SMILES string of the molecule is CC(=O)NC(CCCN)c1nnc(C2CCCCC2)s1. The maximum Gasteiger partial charge on any atom is 0.217 e. The number of amides is 1. The zero-order valence-electron chi connectivity index (χ0n) is 12.1. The highest BCUT2D eigenvalue weighted by Crippen LogP contribution is 2.35. The molecule has 0 bridgehead atoms. The van der Waals surface area contributed by atoms with Crippen LogP contribution < -0.4 is 11.1 Å². The zero-order chi connectivity index (χ0) is 14.4. The molecule has 1 saturated carbocycles. The molecule has 1 atom stereocenters. The first kappa shape index (κ1) is 15.4. The lowest BCUT2D eigenvalue weighted by Crippen LogP contribution is -2.26. The van der Waals surface area contributed by atoms with E-state index in [-0.39, 0.29) is 11.9 Å². The van der Waals surface area contributed by atoms with Crippen molar-refractivity contribution in [3.63, 3.8) is 0 Å². The first-order valence-corrected chi connectivity index (χ1v) is 8.33. The Morgan fingerprint density at radius 2 is 2.15 bits per heavy atom. The number of hydrogen-bond donors (Lipinski definition) is 2. The van der Waals surface area contributed by atoms with Gasteiger partial charge in [0.25, 0.3) is 0 Å². The molecule has 1 amide bonds. The topological polar surface area (TPSA) is 80.9 Å². The monoisotopic (exact) mass is 296 g/mol. The van der Waals surface area contributed by atoms with Crippen LogP contribution in [0.2, 0.25) is 0 Å². The van der Waals surface area contributed by atoms with Crippen molar-refractivity contribution in [1.29, 1.82) is 0 Å². The van der Waals surface area contributed by atoms with Crippen molar-refractivity contribution < 1.29 is 4.79 Å². The van der Waals surface area contributed by atoms with Gasteiger partial charge in [0, 0.05) is 12.8 Å². The molecule has 0 radical (unpaired) electrons. The summed E-state index contributed by atoms with van der Waals surface area (Å²) in [5.41, 5.74) is 5.56.